The zero-order chi connectivity index (χ0) is 9.68. The molecule has 72 valence electrons. The molecule has 1 atom stereocenters. The van der Waals surface area contributed by atoms with E-state index in [1.807, 2.05) is 19.1 Å². The Hall–Kier alpha value is -1.29. The summed E-state index contributed by atoms with van der Waals surface area (Å²) in [6.45, 7) is 2.31. The van der Waals surface area contributed by atoms with Crippen molar-refractivity contribution in [2.75, 3.05) is 0 Å². The van der Waals surface area contributed by atoms with Gasteiger partial charge in [-0.25, -0.2) is 0 Å². The molecule has 1 rings (SSSR count). The molecule has 4 nitrogen and oxygen atoms in total. The average Bonchev–Trinajstić information content (AvgIpc) is 2.51. The zero-order valence-electron chi connectivity index (χ0n) is 7.62. The third-order valence-electron chi connectivity index (χ3n) is 1.60. The van der Waals surface area contributed by atoms with Crippen LogP contribution in [0.4, 0.5) is 0 Å². The van der Waals surface area contributed by atoms with Crippen molar-refractivity contribution in [3.8, 4) is 0 Å². The molecule has 0 saturated heterocycles. The van der Waals surface area contributed by atoms with Crippen LogP contribution in [-0.4, -0.2) is 11.9 Å². The van der Waals surface area contributed by atoms with Gasteiger partial charge in [-0.2, -0.15) is 0 Å². The first kappa shape index (κ1) is 9.80. The summed E-state index contributed by atoms with van der Waals surface area (Å²) in [4.78, 5) is 0. The fourth-order valence-electron chi connectivity index (χ4n) is 0.988. The van der Waals surface area contributed by atoms with Crippen LogP contribution in [0.3, 0.4) is 0 Å². The molecule has 1 aromatic heterocycles. The number of rotatable bonds is 5. The van der Waals surface area contributed by atoms with Crippen molar-refractivity contribution in [3.05, 3.63) is 24.2 Å². The summed E-state index contributed by atoms with van der Waals surface area (Å²) in [6.07, 6.45) is 2.03. The van der Waals surface area contributed by atoms with E-state index in [0.29, 0.717) is 13.0 Å². The van der Waals surface area contributed by atoms with Gasteiger partial charge in [-0.1, -0.05) is 0 Å². The molecule has 1 aromatic rings. The first-order valence-electron chi connectivity index (χ1n) is 4.15. The first-order valence-corrected chi connectivity index (χ1v) is 4.15. The Morgan fingerprint density at radius 1 is 1.77 bits per heavy atom. The highest BCUT2D eigenvalue weighted by atomic mass is 16.5. The van der Waals surface area contributed by atoms with Gasteiger partial charge in [0.05, 0.1) is 18.2 Å². The Morgan fingerprint density at radius 3 is 3.08 bits per heavy atom. The molecule has 4 heteroatoms. The highest BCUT2D eigenvalue weighted by Gasteiger charge is 2.04. The van der Waals surface area contributed by atoms with Gasteiger partial charge in [0.1, 0.15) is 12.4 Å². The molecule has 0 aromatic carbocycles. The number of amidine groups is 1. The average molecular weight is 182 g/mol. The minimum Gasteiger partial charge on any atom is -0.467 e. The highest BCUT2D eigenvalue weighted by molar-refractivity contribution is 5.77. The van der Waals surface area contributed by atoms with Crippen molar-refractivity contribution >= 4 is 5.84 Å². The lowest BCUT2D eigenvalue weighted by molar-refractivity contribution is 0.0471. The Morgan fingerprint density at radius 2 is 2.54 bits per heavy atom. The number of nitrogens with two attached hydrogens (primary N) is 1. The van der Waals surface area contributed by atoms with Crippen LogP contribution < -0.4 is 5.73 Å². The molecule has 0 aliphatic rings. The van der Waals surface area contributed by atoms with Crippen LogP contribution in [0.5, 0.6) is 0 Å². The summed E-state index contributed by atoms with van der Waals surface area (Å²) in [5.74, 6) is 0.933. The smallest absolute Gasteiger partial charge is 0.129 e. The lowest BCUT2D eigenvalue weighted by atomic mass is 10.3. The molecule has 0 aliphatic carbocycles. The van der Waals surface area contributed by atoms with E-state index < -0.39 is 0 Å². The van der Waals surface area contributed by atoms with Crippen molar-refractivity contribution in [1.29, 1.82) is 5.41 Å². The predicted octanol–water partition coefficient (Wildman–Crippen LogP) is 1.51. The number of furan rings is 1. The van der Waals surface area contributed by atoms with Gasteiger partial charge < -0.3 is 14.9 Å². The maximum absolute atomic E-state index is 7.05. The number of nitrogens with one attached hydrogen (secondary N) is 1. The Balaban J connectivity index is 2.22. The van der Waals surface area contributed by atoms with E-state index in [2.05, 4.69) is 0 Å². The third kappa shape index (κ3) is 3.75. The van der Waals surface area contributed by atoms with Crippen molar-refractivity contribution in [2.45, 2.75) is 26.1 Å². The molecular formula is C9H14N2O2. The molecule has 1 heterocycles. The molecule has 0 aliphatic heterocycles. The molecule has 0 radical (unpaired) electrons. The lowest BCUT2D eigenvalue weighted by Crippen LogP contribution is -2.19. The molecular weight excluding hydrogens is 168 g/mol. The van der Waals surface area contributed by atoms with Crippen LogP contribution in [0, 0.1) is 5.41 Å². The van der Waals surface area contributed by atoms with E-state index in [1.165, 1.54) is 0 Å². The van der Waals surface area contributed by atoms with E-state index >= 15 is 0 Å². The maximum atomic E-state index is 7.05. The molecule has 1 unspecified atom stereocenters. The van der Waals surface area contributed by atoms with Gasteiger partial charge in [0, 0.05) is 6.42 Å². The van der Waals surface area contributed by atoms with Gasteiger partial charge in [0.2, 0.25) is 0 Å². The second-order valence-corrected chi connectivity index (χ2v) is 2.93. The fraction of sp³-hybridized carbons (Fsp3) is 0.444. The normalized spacial score (nSPS) is 12.7. The van der Waals surface area contributed by atoms with Crippen molar-refractivity contribution in [1.82, 2.24) is 0 Å². The summed E-state index contributed by atoms with van der Waals surface area (Å²) in [7, 11) is 0. The summed E-state index contributed by atoms with van der Waals surface area (Å²) in [6, 6.07) is 3.66. The SMILES string of the molecule is CC(CC(=N)N)OCc1ccco1. The second-order valence-electron chi connectivity index (χ2n) is 2.93. The van der Waals surface area contributed by atoms with Crippen molar-refractivity contribution in [2.24, 2.45) is 5.73 Å². The highest BCUT2D eigenvalue weighted by Crippen LogP contribution is 2.05. The monoisotopic (exact) mass is 182 g/mol. The molecule has 0 bridgehead atoms. The Kier molecular flexibility index (Phi) is 3.52. The van der Waals surface area contributed by atoms with E-state index in [0.717, 1.165) is 5.76 Å². The van der Waals surface area contributed by atoms with Crippen molar-refractivity contribution < 1.29 is 9.15 Å². The van der Waals surface area contributed by atoms with Crippen LogP contribution in [-0.2, 0) is 11.3 Å². The van der Waals surface area contributed by atoms with E-state index in [4.69, 9.17) is 20.3 Å². The van der Waals surface area contributed by atoms with Crippen LogP contribution in [0.2, 0.25) is 0 Å². The summed E-state index contributed by atoms with van der Waals surface area (Å²) < 4.78 is 10.5. The Bertz CT molecular complexity index is 257. The molecule has 0 spiro atoms. The Labute approximate surface area is 77.2 Å². The largest absolute Gasteiger partial charge is 0.467 e. The topological polar surface area (TPSA) is 72.2 Å². The summed E-state index contributed by atoms with van der Waals surface area (Å²) in [5.41, 5.74) is 5.22. The minimum atomic E-state index is -0.0393. The van der Waals surface area contributed by atoms with Gasteiger partial charge in [-0.15, -0.1) is 0 Å². The first-order chi connectivity index (χ1) is 6.18. The van der Waals surface area contributed by atoms with Gasteiger partial charge >= 0.3 is 0 Å². The molecule has 3 N–H and O–H groups in total. The third-order valence-corrected chi connectivity index (χ3v) is 1.60. The molecule has 0 amide bonds. The standard InChI is InChI=1S/C9H14N2O2/c1-7(5-9(10)11)13-6-8-3-2-4-12-8/h2-4,7H,5-6H2,1H3,(H3,10,11). The van der Waals surface area contributed by atoms with Crippen LogP contribution >= 0.6 is 0 Å². The molecule has 0 fully saturated rings. The second kappa shape index (κ2) is 4.67. The molecule has 0 saturated carbocycles. The maximum Gasteiger partial charge on any atom is 0.129 e. The van der Waals surface area contributed by atoms with Gasteiger partial charge in [-0.3, -0.25) is 5.41 Å². The van der Waals surface area contributed by atoms with Gasteiger partial charge in [0.25, 0.3) is 0 Å². The number of hydrogen-bond donors (Lipinski definition) is 2. The lowest BCUT2D eigenvalue weighted by Gasteiger charge is -2.10. The van der Waals surface area contributed by atoms with Crippen LogP contribution in [0.25, 0.3) is 0 Å². The minimum absolute atomic E-state index is 0.0393. The van der Waals surface area contributed by atoms with Gasteiger partial charge in [-0.05, 0) is 19.1 Å². The van der Waals surface area contributed by atoms with E-state index in [1.54, 1.807) is 6.26 Å². The molecule has 13 heavy (non-hydrogen) atoms. The van der Waals surface area contributed by atoms with Gasteiger partial charge in [0.15, 0.2) is 0 Å². The number of hydrogen-bond acceptors (Lipinski definition) is 3. The fourth-order valence-corrected chi connectivity index (χ4v) is 0.988. The van der Waals surface area contributed by atoms with Crippen LogP contribution in [0.15, 0.2) is 22.8 Å². The predicted molar refractivity (Wildman–Crippen MR) is 49.5 cm³/mol. The van der Waals surface area contributed by atoms with E-state index in [-0.39, 0.29) is 11.9 Å². The quantitative estimate of drug-likeness (QED) is 0.535. The zero-order valence-corrected chi connectivity index (χ0v) is 7.62. The summed E-state index contributed by atoms with van der Waals surface area (Å²) in [5, 5.41) is 7.05. The van der Waals surface area contributed by atoms with Crippen molar-refractivity contribution in [3.63, 3.8) is 0 Å². The van der Waals surface area contributed by atoms with E-state index in [9.17, 15) is 0 Å². The number of ether oxygens (including phenoxy) is 1. The van der Waals surface area contributed by atoms with Crippen LogP contribution in [0.1, 0.15) is 19.1 Å². The summed E-state index contributed by atoms with van der Waals surface area (Å²) >= 11 is 0.